The average Bonchev–Trinajstić information content (AvgIpc) is 2.94. The summed E-state index contributed by atoms with van der Waals surface area (Å²) in [5.74, 6) is 0.0807. The summed E-state index contributed by atoms with van der Waals surface area (Å²) >= 11 is 6.12. The van der Waals surface area contributed by atoms with Gasteiger partial charge in [0.15, 0.2) is 6.35 Å². The molecule has 2 atom stereocenters. The molecule has 0 aromatic heterocycles. The molecule has 1 aromatic carbocycles. The number of likely N-dealkylation sites (tertiary alicyclic amines) is 1. The van der Waals surface area contributed by atoms with Gasteiger partial charge in [-0.2, -0.15) is 0 Å². The molecule has 2 aliphatic heterocycles. The van der Waals surface area contributed by atoms with E-state index in [4.69, 9.17) is 17.3 Å². The van der Waals surface area contributed by atoms with E-state index in [1.54, 1.807) is 17.9 Å². The van der Waals surface area contributed by atoms with E-state index < -0.39 is 6.35 Å². The second-order valence-corrected chi connectivity index (χ2v) is 6.11. The Labute approximate surface area is 122 Å². The molecule has 3 rings (SSSR count). The molecule has 108 valence electrons. The number of hydrogen-bond donors (Lipinski definition) is 2. The summed E-state index contributed by atoms with van der Waals surface area (Å²) in [5.41, 5.74) is 7.48. The average molecular weight is 296 g/mol. The van der Waals surface area contributed by atoms with Gasteiger partial charge in [-0.15, -0.1) is 0 Å². The minimum Gasteiger partial charge on any atom is -0.361 e. The lowest BCUT2D eigenvalue weighted by atomic mass is 9.81. The highest BCUT2D eigenvalue weighted by Gasteiger charge is 2.48. The molecular weight excluding hydrogens is 278 g/mol. The van der Waals surface area contributed by atoms with E-state index in [-0.39, 0.29) is 11.3 Å². The van der Waals surface area contributed by atoms with Crippen LogP contribution in [0.4, 0.5) is 5.69 Å². The zero-order chi connectivity index (χ0) is 14.5. The monoisotopic (exact) mass is 295 g/mol. The van der Waals surface area contributed by atoms with Crippen molar-refractivity contribution in [1.29, 1.82) is 0 Å². The van der Waals surface area contributed by atoms with Crippen molar-refractivity contribution in [1.82, 2.24) is 4.90 Å². The molecule has 0 saturated carbocycles. The van der Waals surface area contributed by atoms with Crippen LogP contribution < -0.4 is 10.6 Å². The fraction of sp³-hybridized carbons (Fsp3) is 0.500. The molecule has 1 amide bonds. The van der Waals surface area contributed by atoms with Gasteiger partial charge in [-0.3, -0.25) is 10.5 Å². The Kier molecular flexibility index (Phi) is 3.16. The number of aliphatic hydroxyl groups is 1. The van der Waals surface area contributed by atoms with Crippen LogP contribution in [-0.2, 0) is 10.2 Å². The summed E-state index contributed by atoms with van der Waals surface area (Å²) < 4.78 is 0. The van der Waals surface area contributed by atoms with Gasteiger partial charge >= 0.3 is 0 Å². The first kappa shape index (κ1) is 13.7. The van der Waals surface area contributed by atoms with Crippen molar-refractivity contribution in [2.75, 3.05) is 24.5 Å². The number of carbonyl (C=O) groups is 1. The molecule has 6 heteroatoms. The van der Waals surface area contributed by atoms with Gasteiger partial charge in [0.1, 0.15) is 0 Å². The highest BCUT2D eigenvalue weighted by molar-refractivity contribution is 6.30. The molecular formula is C14H18ClN3O2. The van der Waals surface area contributed by atoms with Crippen molar-refractivity contribution >= 4 is 23.2 Å². The number of halogens is 1. The normalized spacial score (nSPS) is 26.2. The lowest BCUT2D eigenvalue weighted by Gasteiger charge is -2.27. The summed E-state index contributed by atoms with van der Waals surface area (Å²) in [6, 6.07) is 5.62. The summed E-state index contributed by atoms with van der Waals surface area (Å²) in [5, 5.41) is 10.4. The Morgan fingerprint density at radius 1 is 1.50 bits per heavy atom. The van der Waals surface area contributed by atoms with Crippen molar-refractivity contribution in [2.24, 2.45) is 5.73 Å². The SMILES string of the molecule is CC(=O)N1CC[C@@]2(C1)CN(C(N)O)c1ccc(Cl)cc12. The Balaban J connectivity index is 2.03. The largest absolute Gasteiger partial charge is 0.361 e. The first-order chi connectivity index (χ1) is 9.43. The summed E-state index contributed by atoms with van der Waals surface area (Å²) in [6.45, 7) is 3.58. The molecule has 5 nitrogen and oxygen atoms in total. The van der Waals surface area contributed by atoms with Crippen molar-refractivity contribution in [3.63, 3.8) is 0 Å². The summed E-state index contributed by atoms with van der Waals surface area (Å²) in [4.78, 5) is 15.2. The second kappa shape index (κ2) is 4.62. The van der Waals surface area contributed by atoms with E-state index in [0.717, 1.165) is 24.2 Å². The Bertz CT molecular complexity index is 563. The maximum absolute atomic E-state index is 11.6. The van der Waals surface area contributed by atoms with Gasteiger partial charge in [-0.1, -0.05) is 11.6 Å². The van der Waals surface area contributed by atoms with Crippen LogP contribution in [0.3, 0.4) is 0 Å². The minimum atomic E-state index is -1.04. The third kappa shape index (κ3) is 1.97. The van der Waals surface area contributed by atoms with Gasteiger partial charge in [-0.05, 0) is 30.2 Å². The van der Waals surface area contributed by atoms with Crippen LogP contribution >= 0.6 is 11.6 Å². The third-order valence-corrected chi connectivity index (χ3v) is 4.67. The first-order valence-corrected chi connectivity index (χ1v) is 7.07. The van der Waals surface area contributed by atoms with Crippen molar-refractivity contribution in [3.05, 3.63) is 28.8 Å². The highest BCUT2D eigenvalue weighted by Crippen LogP contribution is 2.47. The van der Waals surface area contributed by atoms with E-state index in [2.05, 4.69) is 0 Å². The standard InChI is InChI=1S/C14H18ClN3O2/c1-9(19)17-5-4-14(7-17)8-18(13(16)20)12-3-2-10(15)6-11(12)14/h2-3,6,13,20H,4-5,7-8,16H2,1H3/t13?,14-/m1/s1. The van der Waals surface area contributed by atoms with Crippen molar-refractivity contribution < 1.29 is 9.90 Å². The number of hydrogen-bond acceptors (Lipinski definition) is 4. The van der Waals surface area contributed by atoms with Crippen LogP contribution in [0.2, 0.25) is 5.02 Å². The zero-order valence-electron chi connectivity index (χ0n) is 11.3. The maximum Gasteiger partial charge on any atom is 0.219 e. The molecule has 1 unspecified atom stereocenters. The van der Waals surface area contributed by atoms with Crippen LogP contribution in [0.1, 0.15) is 18.9 Å². The predicted molar refractivity (Wildman–Crippen MR) is 77.5 cm³/mol. The molecule has 3 N–H and O–H groups in total. The molecule has 1 saturated heterocycles. The summed E-state index contributed by atoms with van der Waals surface area (Å²) in [6.07, 6.45) is -0.177. The second-order valence-electron chi connectivity index (χ2n) is 5.67. The van der Waals surface area contributed by atoms with Gasteiger partial charge in [-0.25, -0.2) is 0 Å². The molecule has 1 aromatic rings. The number of aliphatic hydroxyl groups excluding tert-OH is 1. The van der Waals surface area contributed by atoms with Crippen molar-refractivity contribution in [2.45, 2.75) is 25.1 Å². The fourth-order valence-corrected chi connectivity index (χ4v) is 3.58. The van der Waals surface area contributed by atoms with E-state index in [1.165, 1.54) is 0 Å². The molecule has 0 bridgehead atoms. The van der Waals surface area contributed by atoms with E-state index in [0.29, 0.717) is 18.1 Å². The maximum atomic E-state index is 11.6. The molecule has 2 aliphatic rings. The molecule has 1 spiro atoms. The number of amides is 1. The number of fused-ring (bicyclic) bond motifs is 2. The smallest absolute Gasteiger partial charge is 0.219 e. The van der Waals surface area contributed by atoms with Gasteiger partial charge in [0.2, 0.25) is 5.91 Å². The number of benzene rings is 1. The molecule has 0 aliphatic carbocycles. The molecule has 2 heterocycles. The topological polar surface area (TPSA) is 69.8 Å². The first-order valence-electron chi connectivity index (χ1n) is 6.69. The van der Waals surface area contributed by atoms with Gasteiger partial charge in [0, 0.05) is 42.7 Å². The molecule has 1 fully saturated rings. The van der Waals surface area contributed by atoms with E-state index >= 15 is 0 Å². The number of carbonyl (C=O) groups excluding carboxylic acids is 1. The Morgan fingerprint density at radius 3 is 2.85 bits per heavy atom. The number of rotatable bonds is 1. The Hall–Kier alpha value is -1.30. The van der Waals surface area contributed by atoms with E-state index in [1.807, 2.05) is 17.0 Å². The lowest BCUT2D eigenvalue weighted by molar-refractivity contribution is -0.127. The molecule has 20 heavy (non-hydrogen) atoms. The number of anilines is 1. The van der Waals surface area contributed by atoms with E-state index in [9.17, 15) is 9.90 Å². The van der Waals surface area contributed by atoms with Crippen LogP contribution in [0.25, 0.3) is 0 Å². The fourth-order valence-electron chi connectivity index (χ4n) is 3.41. The van der Waals surface area contributed by atoms with Crippen LogP contribution in [0, 0.1) is 0 Å². The van der Waals surface area contributed by atoms with Crippen LogP contribution in [0.15, 0.2) is 18.2 Å². The zero-order valence-corrected chi connectivity index (χ0v) is 12.1. The number of nitrogens with zero attached hydrogens (tertiary/aromatic N) is 2. The predicted octanol–water partition coefficient (Wildman–Crippen LogP) is 0.885. The van der Waals surface area contributed by atoms with Crippen molar-refractivity contribution in [3.8, 4) is 0 Å². The third-order valence-electron chi connectivity index (χ3n) is 4.43. The van der Waals surface area contributed by atoms with Gasteiger partial charge in [0.05, 0.1) is 0 Å². The minimum absolute atomic E-state index is 0.0807. The highest BCUT2D eigenvalue weighted by atomic mass is 35.5. The van der Waals surface area contributed by atoms with Gasteiger partial charge in [0.25, 0.3) is 0 Å². The van der Waals surface area contributed by atoms with Crippen LogP contribution in [0.5, 0.6) is 0 Å². The quantitative estimate of drug-likeness (QED) is 0.755. The number of nitrogens with two attached hydrogens (primary N) is 1. The van der Waals surface area contributed by atoms with Crippen LogP contribution in [-0.4, -0.2) is 41.9 Å². The Morgan fingerprint density at radius 2 is 2.25 bits per heavy atom. The molecule has 0 radical (unpaired) electrons. The lowest BCUT2D eigenvalue weighted by Crippen LogP contribution is -2.45. The summed E-state index contributed by atoms with van der Waals surface area (Å²) in [7, 11) is 0. The van der Waals surface area contributed by atoms with Gasteiger partial charge < -0.3 is 14.9 Å².